The highest BCUT2D eigenvalue weighted by atomic mass is 16.3. The van der Waals surface area contributed by atoms with E-state index in [-0.39, 0.29) is 50.1 Å². The first-order valence-electron chi connectivity index (χ1n) is 21.8. The molecule has 0 radical (unpaired) electrons. The third-order valence-corrected chi connectivity index (χ3v) is 13.0. The molecule has 0 aliphatic carbocycles. The van der Waals surface area contributed by atoms with Crippen LogP contribution in [-0.2, 0) is 46.4 Å². The Labute approximate surface area is 352 Å². The normalized spacial score (nSPS) is 28.4. The van der Waals surface area contributed by atoms with E-state index in [0.717, 1.165) is 5.56 Å². The summed E-state index contributed by atoms with van der Waals surface area (Å²) in [6.07, 6.45) is 3.88. The minimum absolute atomic E-state index is 0.0386. The molecule has 4 heterocycles. The highest BCUT2D eigenvalue weighted by molar-refractivity contribution is 5.99. The summed E-state index contributed by atoms with van der Waals surface area (Å²) >= 11 is 0. The maximum atomic E-state index is 14.6. The third-order valence-electron chi connectivity index (χ3n) is 13.0. The monoisotopic (exact) mass is 827 g/mol. The summed E-state index contributed by atoms with van der Waals surface area (Å²) in [5.74, 6) is -4.08. The molecule has 324 valence electrons. The first-order chi connectivity index (χ1) is 28.8. The van der Waals surface area contributed by atoms with Crippen molar-refractivity contribution >= 4 is 41.4 Å². The fourth-order valence-corrected chi connectivity index (χ4v) is 9.02. The fourth-order valence-electron chi connectivity index (χ4n) is 9.02. The summed E-state index contributed by atoms with van der Waals surface area (Å²) in [5, 5.41) is 21.8. The Hall–Kier alpha value is -5.47. The van der Waals surface area contributed by atoms with E-state index < -0.39 is 83.6 Å². The lowest BCUT2D eigenvalue weighted by molar-refractivity contribution is -0.146. The number of hydrogen-bond donors (Lipinski definition) is 5. The average Bonchev–Trinajstić information content (AvgIpc) is 4.06. The number of carbonyl (C=O) groups is 7. The number of amides is 7. The second-order valence-electron chi connectivity index (χ2n) is 17.0. The zero-order chi connectivity index (χ0) is 43.1. The predicted octanol–water partition coefficient (Wildman–Crippen LogP) is 2.20. The molecule has 2 aromatic rings. The van der Waals surface area contributed by atoms with Gasteiger partial charge in [-0.15, -0.1) is 0 Å². The van der Waals surface area contributed by atoms with Crippen molar-refractivity contribution in [1.82, 2.24) is 36.0 Å². The lowest BCUT2D eigenvalue weighted by Gasteiger charge is -2.34. The molecule has 4 aliphatic rings. The van der Waals surface area contributed by atoms with Crippen molar-refractivity contribution < 1.29 is 38.7 Å². The van der Waals surface area contributed by atoms with E-state index in [0.29, 0.717) is 56.9 Å². The zero-order valence-electron chi connectivity index (χ0n) is 35.2. The second kappa shape index (κ2) is 19.7. The van der Waals surface area contributed by atoms with Crippen molar-refractivity contribution in [2.24, 2.45) is 11.8 Å². The van der Waals surface area contributed by atoms with Gasteiger partial charge >= 0.3 is 0 Å². The van der Waals surface area contributed by atoms with Crippen molar-refractivity contribution in [3.05, 3.63) is 65.7 Å². The van der Waals surface area contributed by atoms with Crippen molar-refractivity contribution in [2.75, 3.05) is 19.6 Å². The number of carbonyl (C=O) groups excluding carboxylic acids is 7. The van der Waals surface area contributed by atoms with Crippen LogP contribution in [0.25, 0.3) is 0 Å². The lowest BCUT2D eigenvalue weighted by atomic mass is 9.96. The van der Waals surface area contributed by atoms with Crippen molar-refractivity contribution in [3.8, 4) is 5.75 Å². The topological polar surface area (TPSA) is 198 Å². The van der Waals surface area contributed by atoms with Crippen LogP contribution < -0.4 is 21.3 Å². The molecule has 15 nitrogen and oxygen atoms in total. The largest absolute Gasteiger partial charge is 0.508 e. The number of nitrogens with one attached hydrogen (secondary N) is 4. The Morgan fingerprint density at radius 3 is 1.42 bits per heavy atom. The Bertz CT molecular complexity index is 1890. The molecule has 60 heavy (non-hydrogen) atoms. The minimum Gasteiger partial charge on any atom is -0.508 e. The zero-order valence-corrected chi connectivity index (χ0v) is 35.2. The van der Waals surface area contributed by atoms with Gasteiger partial charge in [0.15, 0.2) is 0 Å². The van der Waals surface area contributed by atoms with Gasteiger partial charge < -0.3 is 41.1 Å². The highest BCUT2D eigenvalue weighted by Crippen LogP contribution is 2.26. The van der Waals surface area contributed by atoms with Crippen LogP contribution >= 0.6 is 0 Å². The molecular weight excluding hydrogens is 767 g/mol. The van der Waals surface area contributed by atoms with Gasteiger partial charge in [-0.25, -0.2) is 0 Å². The number of rotatable bonds is 8. The van der Waals surface area contributed by atoms with E-state index in [1.165, 1.54) is 26.8 Å². The second-order valence-corrected chi connectivity index (χ2v) is 17.0. The summed E-state index contributed by atoms with van der Waals surface area (Å²) in [6, 6.07) is 8.55. The number of hydrogen-bond acceptors (Lipinski definition) is 8. The minimum atomic E-state index is -1.13. The van der Waals surface area contributed by atoms with Gasteiger partial charge in [0, 0.05) is 32.5 Å². The molecule has 0 saturated carbocycles. The van der Waals surface area contributed by atoms with Crippen molar-refractivity contribution in [1.29, 1.82) is 0 Å². The van der Waals surface area contributed by atoms with Crippen molar-refractivity contribution in [3.63, 3.8) is 0 Å². The Kier molecular flexibility index (Phi) is 14.5. The van der Waals surface area contributed by atoms with Gasteiger partial charge in [-0.05, 0) is 73.6 Å². The molecule has 4 aliphatic heterocycles. The molecule has 9 unspecified atom stereocenters. The molecule has 5 N–H and O–H groups in total. The molecule has 2 aromatic carbocycles. The molecule has 9 atom stereocenters. The van der Waals surface area contributed by atoms with E-state index in [1.807, 2.05) is 58.0 Å². The van der Waals surface area contributed by atoms with Gasteiger partial charge in [0.2, 0.25) is 41.4 Å². The molecule has 0 aromatic heterocycles. The van der Waals surface area contributed by atoms with Gasteiger partial charge in [-0.1, -0.05) is 83.0 Å². The van der Waals surface area contributed by atoms with E-state index in [9.17, 15) is 38.7 Å². The molecule has 0 bridgehead atoms. The number of phenolic OH excluding ortho intramolecular Hbond substituents is 1. The van der Waals surface area contributed by atoms with Gasteiger partial charge in [0.1, 0.15) is 48.0 Å². The number of aromatic hydroxyl groups is 1. The fraction of sp³-hybridized carbons (Fsp3) is 0.578. The van der Waals surface area contributed by atoms with E-state index >= 15 is 0 Å². The van der Waals surface area contributed by atoms with Crippen LogP contribution in [0.3, 0.4) is 0 Å². The molecular formula is C45H61N7O8. The lowest BCUT2D eigenvalue weighted by Crippen LogP contribution is -2.60. The van der Waals surface area contributed by atoms with Crippen LogP contribution in [0.4, 0.5) is 0 Å². The van der Waals surface area contributed by atoms with Gasteiger partial charge in [-0.3, -0.25) is 33.6 Å². The first kappa shape index (κ1) is 44.1. The molecule has 4 saturated heterocycles. The smallest absolute Gasteiger partial charge is 0.246 e. The standard InChI is InChI=1S/C45H61N7O8/c1-5-27(3)37-42(57)47-33(25-29-13-8-7-9-14-29)44(59)51-23-11-17-36(51)41(56)49-38(28(4)6-2)45(60)52-24-12-15-34(52)39(54)46-32(26-30-18-20-31(53)21-19-30)43(58)50-22-10-16-35(50)40(55)48-37/h7-9,13-14,18-21,27-28,32-38,53H,5-6,10-12,15-17,22-26H2,1-4H3,(H,46,54)(H,47,57)(H,48,55)(H,49,56). The third kappa shape index (κ3) is 9.93. The maximum absolute atomic E-state index is 14.6. The quantitative estimate of drug-likeness (QED) is 0.267. The highest BCUT2D eigenvalue weighted by Gasteiger charge is 2.45. The Balaban J connectivity index is 1.40. The molecule has 0 spiro atoms. The van der Waals surface area contributed by atoms with Crippen molar-refractivity contribution in [2.45, 2.75) is 134 Å². The van der Waals surface area contributed by atoms with E-state index in [1.54, 1.807) is 12.1 Å². The van der Waals surface area contributed by atoms with Crippen LogP contribution in [-0.4, -0.2) is 123 Å². The van der Waals surface area contributed by atoms with Crippen LogP contribution in [0.15, 0.2) is 54.6 Å². The summed E-state index contributed by atoms with van der Waals surface area (Å²) in [4.78, 5) is 105. The van der Waals surface area contributed by atoms with Crippen LogP contribution in [0.1, 0.15) is 90.2 Å². The molecule has 4 fully saturated rings. The van der Waals surface area contributed by atoms with Gasteiger partial charge in [-0.2, -0.15) is 0 Å². The van der Waals surface area contributed by atoms with Gasteiger partial charge in [0.05, 0.1) is 0 Å². The first-order valence-corrected chi connectivity index (χ1v) is 21.8. The van der Waals surface area contributed by atoms with Crippen LogP contribution in [0.2, 0.25) is 0 Å². The summed E-state index contributed by atoms with van der Waals surface area (Å²) < 4.78 is 0. The SMILES string of the molecule is CCC(C)C1NC(=O)C2CCCN2C(=O)C(Cc2ccc(O)cc2)NC(=O)C2CCCN2C(=O)C(C(C)CC)NC(=O)C2CCCN2C(=O)C(Cc2ccccc2)NC1=O. The number of phenols is 1. The Morgan fingerprint density at radius 2 is 0.933 bits per heavy atom. The van der Waals surface area contributed by atoms with Crippen LogP contribution in [0.5, 0.6) is 5.75 Å². The van der Waals surface area contributed by atoms with E-state index in [2.05, 4.69) is 21.3 Å². The molecule has 6 rings (SSSR count). The summed E-state index contributed by atoms with van der Waals surface area (Å²) in [6.45, 7) is 8.30. The molecule has 7 amide bonds. The van der Waals surface area contributed by atoms with Crippen LogP contribution in [0, 0.1) is 11.8 Å². The van der Waals surface area contributed by atoms with E-state index in [4.69, 9.17) is 0 Å². The molecule has 15 heteroatoms. The van der Waals surface area contributed by atoms with Gasteiger partial charge in [0.25, 0.3) is 0 Å². The number of benzene rings is 2. The summed E-state index contributed by atoms with van der Waals surface area (Å²) in [7, 11) is 0. The maximum Gasteiger partial charge on any atom is 0.246 e. The number of fused-ring (bicyclic) bond motifs is 3. The number of nitrogens with zero attached hydrogens (tertiary/aromatic N) is 3. The average molecular weight is 828 g/mol. The Morgan fingerprint density at radius 1 is 0.533 bits per heavy atom. The summed E-state index contributed by atoms with van der Waals surface area (Å²) in [5.41, 5.74) is 1.45. The predicted molar refractivity (Wildman–Crippen MR) is 223 cm³/mol.